The summed E-state index contributed by atoms with van der Waals surface area (Å²) in [5.41, 5.74) is 3.77. The van der Waals surface area contributed by atoms with Crippen molar-refractivity contribution in [2.45, 2.75) is 6.92 Å². The van der Waals surface area contributed by atoms with Crippen LogP contribution >= 0.6 is 22.7 Å². The van der Waals surface area contributed by atoms with Gasteiger partial charge in [-0.1, -0.05) is 11.3 Å². The van der Waals surface area contributed by atoms with Crippen molar-refractivity contribution < 1.29 is 9.59 Å². The number of rotatable bonds is 3. The highest BCUT2D eigenvalue weighted by molar-refractivity contribution is 7.17. The molecule has 1 N–H and O–H groups in total. The Balaban J connectivity index is 1.82. The first kappa shape index (κ1) is 15.6. The Bertz CT molecular complexity index is 898. The minimum absolute atomic E-state index is 0.119. The summed E-state index contributed by atoms with van der Waals surface area (Å²) in [6.07, 6.45) is 0. The van der Waals surface area contributed by atoms with Crippen LogP contribution in [0, 0.1) is 6.92 Å². The molecule has 23 heavy (non-hydrogen) atoms. The Labute approximate surface area is 140 Å². The standard InChI is InChI=1S/C15H14N4O2S2/c1-8-12(14(21)19(2)3)23-15(17-8)18-13(20)9-4-5-10-11(6-9)22-7-16-10/h4-7H,1-3H3,(H,17,18,20). The lowest BCUT2D eigenvalue weighted by atomic mass is 10.2. The fourth-order valence-electron chi connectivity index (χ4n) is 2.02. The molecule has 0 saturated heterocycles. The van der Waals surface area contributed by atoms with E-state index in [4.69, 9.17) is 0 Å². The van der Waals surface area contributed by atoms with E-state index >= 15 is 0 Å². The van der Waals surface area contributed by atoms with Crippen molar-refractivity contribution in [2.24, 2.45) is 0 Å². The fraction of sp³-hybridized carbons (Fsp3) is 0.200. The first-order valence-electron chi connectivity index (χ1n) is 6.79. The highest BCUT2D eigenvalue weighted by Crippen LogP contribution is 2.25. The molecule has 0 spiro atoms. The zero-order valence-corrected chi connectivity index (χ0v) is 14.4. The van der Waals surface area contributed by atoms with Crippen LogP contribution < -0.4 is 5.32 Å². The Hall–Kier alpha value is -2.32. The van der Waals surface area contributed by atoms with Crippen LogP contribution in [0.1, 0.15) is 25.7 Å². The Morgan fingerprint density at radius 1 is 1.26 bits per heavy atom. The molecular formula is C15H14N4O2S2. The van der Waals surface area contributed by atoms with Crippen LogP contribution in [0.15, 0.2) is 23.7 Å². The summed E-state index contributed by atoms with van der Waals surface area (Å²) in [4.78, 5) is 34.8. The van der Waals surface area contributed by atoms with E-state index < -0.39 is 0 Å². The Kier molecular flexibility index (Phi) is 4.10. The molecule has 0 atom stereocenters. The van der Waals surface area contributed by atoms with Crippen molar-refractivity contribution in [3.8, 4) is 0 Å². The molecule has 0 radical (unpaired) electrons. The number of nitrogens with zero attached hydrogens (tertiary/aromatic N) is 3. The first-order valence-corrected chi connectivity index (χ1v) is 8.49. The third-order valence-corrected chi connectivity index (χ3v) is 5.06. The molecule has 2 heterocycles. The minimum atomic E-state index is -0.252. The Morgan fingerprint density at radius 2 is 2.04 bits per heavy atom. The summed E-state index contributed by atoms with van der Waals surface area (Å²) in [7, 11) is 3.37. The normalized spacial score (nSPS) is 10.7. The average Bonchev–Trinajstić information content (AvgIpc) is 3.11. The molecule has 0 aliphatic heterocycles. The van der Waals surface area contributed by atoms with E-state index in [0.717, 1.165) is 10.2 Å². The summed E-state index contributed by atoms with van der Waals surface area (Å²) in [6, 6.07) is 5.34. The van der Waals surface area contributed by atoms with Gasteiger partial charge in [-0.2, -0.15) is 0 Å². The van der Waals surface area contributed by atoms with Gasteiger partial charge in [-0.25, -0.2) is 9.97 Å². The number of fused-ring (bicyclic) bond motifs is 1. The molecule has 118 valence electrons. The molecule has 0 unspecified atom stereocenters. The molecule has 3 rings (SSSR count). The number of hydrogen-bond acceptors (Lipinski definition) is 6. The number of carbonyl (C=O) groups is 2. The van der Waals surface area contributed by atoms with E-state index in [0.29, 0.717) is 21.3 Å². The third-order valence-electron chi connectivity index (χ3n) is 3.21. The molecule has 0 aliphatic carbocycles. The van der Waals surface area contributed by atoms with Gasteiger partial charge in [-0.05, 0) is 25.1 Å². The number of anilines is 1. The number of nitrogens with one attached hydrogen (secondary N) is 1. The van der Waals surface area contributed by atoms with Crippen LogP contribution in [-0.2, 0) is 0 Å². The monoisotopic (exact) mass is 346 g/mol. The second kappa shape index (κ2) is 6.05. The van der Waals surface area contributed by atoms with Crippen LogP contribution in [-0.4, -0.2) is 40.8 Å². The molecule has 0 aliphatic rings. The summed E-state index contributed by atoms with van der Waals surface area (Å²) in [5.74, 6) is -0.371. The fourth-order valence-corrected chi connectivity index (χ4v) is 3.72. The topological polar surface area (TPSA) is 75.2 Å². The largest absolute Gasteiger partial charge is 0.344 e. The molecule has 0 saturated carbocycles. The summed E-state index contributed by atoms with van der Waals surface area (Å²) < 4.78 is 0.955. The van der Waals surface area contributed by atoms with Crippen molar-refractivity contribution in [1.82, 2.24) is 14.9 Å². The Morgan fingerprint density at radius 3 is 2.78 bits per heavy atom. The molecule has 2 amide bonds. The molecule has 3 aromatic rings. The van der Waals surface area contributed by atoms with E-state index in [-0.39, 0.29) is 11.8 Å². The van der Waals surface area contributed by atoms with Gasteiger partial charge >= 0.3 is 0 Å². The number of aromatic nitrogens is 2. The van der Waals surface area contributed by atoms with Gasteiger partial charge in [0.25, 0.3) is 11.8 Å². The maximum Gasteiger partial charge on any atom is 0.265 e. The molecule has 1 aromatic carbocycles. The third kappa shape index (κ3) is 3.08. The van der Waals surface area contributed by atoms with E-state index in [1.54, 1.807) is 38.7 Å². The van der Waals surface area contributed by atoms with Crippen LogP contribution in [0.4, 0.5) is 5.13 Å². The lowest BCUT2D eigenvalue weighted by Gasteiger charge is -2.07. The molecule has 0 bridgehead atoms. The van der Waals surface area contributed by atoms with Gasteiger partial charge in [0.2, 0.25) is 0 Å². The van der Waals surface area contributed by atoms with Gasteiger partial charge in [0.15, 0.2) is 5.13 Å². The zero-order chi connectivity index (χ0) is 16.6. The second-order valence-corrected chi connectivity index (χ2v) is 7.01. The molecule has 0 fully saturated rings. The van der Waals surface area contributed by atoms with Crippen molar-refractivity contribution in [3.63, 3.8) is 0 Å². The van der Waals surface area contributed by atoms with Gasteiger partial charge < -0.3 is 4.90 Å². The van der Waals surface area contributed by atoms with Crippen LogP contribution in [0.3, 0.4) is 0 Å². The SMILES string of the molecule is Cc1nc(NC(=O)c2ccc3ncsc3c2)sc1C(=O)N(C)C. The summed E-state index contributed by atoms with van der Waals surface area (Å²) in [5, 5.41) is 3.17. The van der Waals surface area contributed by atoms with Gasteiger partial charge in [-0.3, -0.25) is 14.9 Å². The number of thiazole rings is 2. The van der Waals surface area contributed by atoms with E-state index in [1.807, 2.05) is 6.07 Å². The van der Waals surface area contributed by atoms with Crippen molar-refractivity contribution in [1.29, 1.82) is 0 Å². The van der Waals surface area contributed by atoms with Crippen LogP contribution in [0.5, 0.6) is 0 Å². The predicted octanol–water partition coefficient (Wildman–Crippen LogP) is 3.02. The number of hydrogen-bond donors (Lipinski definition) is 1. The van der Waals surface area contributed by atoms with Gasteiger partial charge in [0, 0.05) is 19.7 Å². The number of amides is 2. The van der Waals surface area contributed by atoms with Crippen molar-refractivity contribution in [2.75, 3.05) is 19.4 Å². The van der Waals surface area contributed by atoms with E-state index in [9.17, 15) is 9.59 Å². The molecule has 2 aromatic heterocycles. The van der Waals surface area contributed by atoms with Gasteiger partial charge in [0.1, 0.15) is 4.88 Å². The maximum absolute atomic E-state index is 12.3. The highest BCUT2D eigenvalue weighted by atomic mass is 32.1. The molecular weight excluding hydrogens is 332 g/mol. The zero-order valence-electron chi connectivity index (χ0n) is 12.8. The first-order chi connectivity index (χ1) is 11.0. The average molecular weight is 346 g/mol. The summed E-state index contributed by atoms with van der Waals surface area (Å²) in [6.45, 7) is 1.76. The van der Waals surface area contributed by atoms with Crippen LogP contribution in [0.2, 0.25) is 0 Å². The quantitative estimate of drug-likeness (QED) is 0.791. The lowest BCUT2D eigenvalue weighted by Crippen LogP contribution is -2.21. The van der Waals surface area contributed by atoms with E-state index in [1.165, 1.54) is 27.6 Å². The molecule has 6 nitrogen and oxygen atoms in total. The number of aryl methyl sites for hydroxylation is 1. The maximum atomic E-state index is 12.3. The van der Waals surface area contributed by atoms with Crippen molar-refractivity contribution >= 4 is 49.8 Å². The number of benzene rings is 1. The molecule has 8 heteroatoms. The van der Waals surface area contributed by atoms with Gasteiger partial charge in [-0.15, -0.1) is 11.3 Å². The highest BCUT2D eigenvalue weighted by Gasteiger charge is 2.18. The van der Waals surface area contributed by atoms with Crippen LogP contribution in [0.25, 0.3) is 10.2 Å². The second-order valence-electron chi connectivity index (χ2n) is 5.12. The smallest absolute Gasteiger partial charge is 0.265 e. The number of carbonyl (C=O) groups excluding carboxylic acids is 2. The predicted molar refractivity (Wildman–Crippen MR) is 92.4 cm³/mol. The minimum Gasteiger partial charge on any atom is -0.344 e. The van der Waals surface area contributed by atoms with Crippen molar-refractivity contribution in [3.05, 3.63) is 39.8 Å². The van der Waals surface area contributed by atoms with E-state index in [2.05, 4.69) is 15.3 Å². The summed E-state index contributed by atoms with van der Waals surface area (Å²) >= 11 is 2.66. The lowest BCUT2D eigenvalue weighted by molar-refractivity contribution is 0.0831. The van der Waals surface area contributed by atoms with Gasteiger partial charge in [0.05, 0.1) is 21.4 Å².